The van der Waals surface area contributed by atoms with E-state index in [1.165, 1.54) is 5.56 Å². The molecule has 2 N–H and O–H groups in total. The number of aryl methyl sites for hydroxylation is 1. The van der Waals surface area contributed by atoms with Crippen LogP contribution in [-0.2, 0) is 6.42 Å². The summed E-state index contributed by atoms with van der Waals surface area (Å²) in [4.78, 5) is 0. The van der Waals surface area contributed by atoms with E-state index in [9.17, 15) is 0 Å². The fourth-order valence-electron chi connectivity index (χ4n) is 1.12. The minimum atomic E-state index is 0.639. The van der Waals surface area contributed by atoms with Crippen LogP contribution in [-0.4, -0.2) is 6.54 Å². The molecule has 0 aromatic heterocycles. The summed E-state index contributed by atoms with van der Waals surface area (Å²) >= 11 is 3.41. The third kappa shape index (κ3) is 4.25. The maximum atomic E-state index is 5.33. The van der Waals surface area contributed by atoms with Crippen LogP contribution < -0.4 is 5.73 Å². The molecule has 0 amide bonds. The molecule has 1 rings (SSSR count). The third-order valence-corrected chi connectivity index (χ3v) is 2.34. The number of nitrogens with two attached hydrogens (primary N) is 1. The van der Waals surface area contributed by atoms with Gasteiger partial charge in [-0.05, 0) is 30.5 Å². The molecule has 0 bridgehead atoms. The third-order valence-electron chi connectivity index (χ3n) is 1.82. The lowest BCUT2D eigenvalue weighted by atomic mass is 10.1. The number of hydrogen-bond donors (Lipinski definition) is 1. The SMILES string of the molecule is NC/C=C/CCc1ccc(Br)cc1. The van der Waals surface area contributed by atoms with Gasteiger partial charge in [0.05, 0.1) is 0 Å². The molecular formula is C11H14BrN. The van der Waals surface area contributed by atoms with E-state index in [0.29, 0.717) is 6.54 Å². The van der Waals surface area contributed by atoms with Crippen molar-refractivity contribution in [2.75, 3.05) is 6.54 Å². The second-order valence-electron chi connectivity index (χ2n) is 2.87. The van der Waals surface area contributed by atoms with Crippen LogP contribution in [0.25, 0.3) is 0 Å². The first-order chi connectivity index (χ1) is 6.33. The van der Waals surface area contributed by atoms with Gasteiger partial charge in [-0.1, -0.05) is 40.2 Å². The molecule has 0 unspecified atom stereocenters. The Morgan fingerprint density at radius 3 is 2.46 bits per heavy atom. The lowest BCUT2D eigenvalue weighted by Gasteiger charge is -1.97. The maximum Gasteiger partial charge on any atom is 0.0175 e. The summed E-state index contributed by atoms with van der Waals surface area (Å²) in [5.41, 5.74) is 6.70. The quantitative estimate of drug-likeness (QED) is 0.804. The molecular weight excluding hydrogens is 226 g/mol. The van der Waals surface area contributed by atoms with Crippen molar-refractivity contribution < 1.29 is 0 Å². The number of hydrogen-bond acceptors (Lipinski definition) is 1. The molecule has 0 atom stereocenters. The van der Waals surface area contributed by atoms with Gasteiger partial charge in [0, 0.05) is 11.0 Å². The highest BCUT2D eigenvalue weighted by Crippen LogP contribution is 2.11. The van der Waals surface area contributed by atoms with Crippen LogP contribution in [0.1, 0.15) is 12.0 Å². The largest absolute Gasteiger partial charge is 0.327 e. The van der Waals surface area contributed by atoms with E-state index in [1.54, 1.807) is 0 Å². The van der Waals surface area contributed by atoms with Crippen LogP contribution in [0, 0.1) is 0 Å². The number of halogens is 1. The minimum Gasteiger partial charge on any atom is -0.327 e. The Bertz CT molecular complexity index is 264. The molecule has 0 saturated carbocycles. The molecule has 1 aromatic rings. The molecule has 1 nitrogen and oxygen atoms in total. The van der Waals surface area contributed by atoms with Gasteiger partial charge in [-0.15, -0.1) is 0 Å². The maximum absolute atomic E-state index is 5.33. The number of rotatable bonds is 4. The molecule has 0 aliphatic carbocycles. The molecule has 0 fully saturated rings. The van der Waals surface area contributed by atoms with Crippen LogP contribution in [0.15, 0.2) is 40.9 Å². The minimum absolute atomic E-state index is 0.639. The van der Waals surface area contributed by atoms with Gasteiger partial charge >= 0.3 is 0 Å². The number of allylic oxidation sites excluding steroid dienone is 1. The summed E-state index contributed by atoms with van der Waals surface area (Å²) < 4.78 is 1.13. The van der Waals surface area contributed by atoms with Crippen molar-refractivity contribution in [2.45, 2.75) is 12.8 Å². The van der Waals surface area contributed by atoms with Gasteiger partial charge in [-0.25, -0.2) is 0 Å². The van der Waals surface area contributed by atoms with E-state index >= 15 is 0 Å². The van der Waals surface area contributed by atoms with Crippen molar-refractivity contribution in [2.24, 2.45) is 5.73 Å². The first-order valence-corrected chi connectivity index (χ1v) is 5.21. The van der Waals surface area contributed by atoms with Crippen LogP contribution in [0.2, 0.25) is 0 Å². The molecule has 0 radical (unpaired) electrons. The molecule has 0 saturated heterocycles. The fourth-order valence-corrected chi connectivity index (χ4v) is 1.38. The Labute approximate surface area is 87.8 Å². The topological polar surface area (TPSA) is 26.0 Å². The molecule has 2 heteroatoms. The molecule has 0 aliphatic rings. The van der Waals surface area contributed by atoms with E-state index in [-0.39, 0.29) is 0 Å². The Morgan fingerprint density at radius 1 is 1.15 bits per heavy atom. The predicted octanol–water partition coefficient (Wildman–Crippen LogP) is 2.90. The first kappa shape index (κ1) is 10.5. The second-order valence-corrected chi connectivity index (χ2v) is 3.79. The van der Waals surface area contributed by atoms with Crippen molar-refractivity contribution in [1.82, 2.24) is 0 Å². The van der Waals surface area contributed by atoms with Crippen molar-refractivity contribution in [3.63, 3.8) is 0 Å². The van der Waals surface area contributed by atoms with Gasteiger partial charge in [0.2, 0.25) is 0 Å². The van der Waals surface area contributed by atoms with Gasteiger partial charge in [-0.3, -0.25) is 0 Å². The van der Waals surface area contributed by atoms with Crippen molar-refractivity contribution in [3.8, 4) is 0 Å². The monoisotopic (exact) mass is 239 g/mol. The van der Waals surface area contributed by atoms with Crippen LogP contribution in [0.5, 0.6) is 0 Å². The van der Waals surface area contributed by atoms with Crippen molar-refractivity contribution >= 4 is 15.9 Å². The zero-order valence-electron chi connectivity index (χ0n) is 7.54. The van der Waals surface area contributed by atoms with Gasteiger partial charge in [0.25, 0.3) is 0 Å². The van der Waals surface area contributed by atoms with E-state index in [0.717, 1.165) is 17.3 Å². The van der Waals surface area contributed by atoms with E-state index < -0.39 is 0 Å². The lowest BCUT2D eigenvalue weighted by Crippen LogP contribution is -1.92. The van der Waals surface area contributed by atoms with E-state index in [4.69, 9.17) is 5.73 Å². The average Bonchev–Trinajstić information content (AvgIpc) is 2.15. The molecule has 0 spiro atoms. The highest BCUT2D eigenvalue weighted by molar-refractivity contribution is 9.10. The van der Waals surface area contributed by atoms with Crippen LogP contribution in [0.4, 0.5) is 0 Å². The standard InChI is InChI=1S/C11H14BrN/c12-11-7-5-10(6-8-11)4-2-1-3-9-13/h1,3,5-8H,2,4,9,13H2/b3-1+. The molecule has 0 aliphatic heterocycles. The summed E-state index contributed by atoms with van der Waals surface area (Å²) in [5.74, 6) is 0. The Hall–Kier alpha value is -0.600. The van der Waals surface area contributed by atoms with Gasteiger partial charge < -0.3 is 5.73 Å². The molecule has 1 aromatic carbocycles. The average molecular weight is 240 g/mol. The lowest BCUT2D eigenvalue weighted by molar-refractivity contribution is 0.994. The fraction of sp³-hybridized carbons (Fsp3) is 0.273. The first-order valence-electron chi connectivity index (χ1n) is 4.42. The highest BCUT2D eigenvalue weighted by Gasteiger charge is 1.90. The predicted molar refractivity (Wildman–Crippen MR) is 60.7 cm³/mol. The zero-order chi connectivity index (χ0) is 9.52. The summed E-state index contributed by atoms with van der Waals surface area (Å²) in [7, 11) is 0. The second kappa shape index (κ2) is 5.95. The summed E-state index contributed by atoms with van der Waals surface area (Å²) in [6.07, 6.45) is 6.28. The van der Waals surface area contributed by atoms with E-state index in [1.807, 2.05) is 6.08 Å². The Balaban J connectivity index is 2.37. The van der Waals surface area contributed by atoms with Crippen molar-refractivity contribution in [1.29, 1.82) is 0 Å². The summed E-state index contributed by atoms with van der Waals surface area (Å²) in [6, 6.07) is 8.42. The number of benzene rings is 1. The van der Waals surface area contributed by atoms with Crippen LogP contribution >= 0.6 is 15.9 Å². The molecule has 13 heavy (non-hydrogen) atoms. The Morgan fingerprint density at radius 2 is 1.85 bits per heavy atom. The summed E-state index contributed by atoms with van der Waals surface area (Å²) in [5, 5.41) is 0. The smallest absolute Gasteiger partial charge is 0.0175 e. The van der Waals surface area contributed by atoms with Gasteiger partial charge in [-0.2, -0.15) is 0 Å². The highest BCUT2D eigenvalue weighted by atomic mass is 79.9. The normalized spacial score (nSPS) is 10.9. The summed E-state index contributed by atoms with van der Waals surface area (Å²) in [6.45, 7) is 0.639. The molecule has 0 heterocycles. The van der Waals surface area contributed by atoms with Gasteiger partial charge in [0.1, 0.15) is 0 Å². The zero-order valence-corrected chi connectivity index (χ0v) is 9.13. The van der Waals surface area contributed by atoms with Crippen molar-refractivity contribution in [3.05, 3.63) is 46.5 Å². The van der Waals surface area contributed by atoms with E-state index in [2.05, 4.69) is 46.3 Å². The van der Waals surface area contributed by atoms with Gasteiger partial charge in [0.15, 0.2) is 0 Å². The molecule has 70 valence electrons. The Kier molecular flexibility index (Phi) is 4.79. The van der Waals surface area contributed by atoms with Crippen LogP contribution in [0.3, 0.4) is 0 Å².